The molecule has 0 aromatic heterocycles. The largest absolute Gasteiger partial charge is 0.389 e. The minimum Gasteiger partial charge on any atom is -0.351 e. The number of nitrogens with one attached hydrogen (secondary N) is 2. The molecule has 2 N–H and O–H groups in total. The second-order valence-electron chi connectivity index (χ2n) is 4.59. The Hall–Kier alpha value is -1.56. The van der Waals surface area contributed by atoms with Gasteiger partial charge in [-0.15, -0.1) is 0 Å². The fourth-order valence-corrected chi connectivity index (χ4v) is 1.61. The van der Waals surface area contributed by atoms with Crippen molar-refractivity contribution < 1.29 is 18.0 Å². The summed E-state index contributed by atoms with van der Waals surface area (Å²) in [4.78, 5) is 11.7. The van der Waals surface area contributed by atoms with E-state index < -0.39 is 12.6 Å². The van der Waals surface area contributed by atoms with E-state index in [1.54, 1.807) is 12.1 Å². The van der Waals surface area contributed by atoms with Gasteiger partial charge in [0.2, 0.25) is 0 Å². The highest BCUT2D eigenvalue weighted by molar-refractivity contribution is 5.94. The van der Waals surface area contributed by atoms with E-state index in [4.69, 9.17) is 0 Å². The Kier molecular flexibility index (Phi) is 6.51. The molecule has 0 atom stereocenters. The van der Waals surface area contributed by atoms with Crippen molar-refractivity contribution in [2.75, 3.05) is 19.6 Å². The average Bonchev–Trinajstić information content (AvgIpc) is 2.37. The van der Waals surface area contributed by atoms with Crippen LogP contribution in [0.5, 0.6) is 0 Å². The van der Waals surface area contributed by atoms with Gasteiger partial charge in [-0.2, -0.15) is 13.2 Å². The number of hydrogen-bond acceptors (Lipinski definition) is 2. The van der Waals surface area contributed by atoms with Crippen LogP contribution >= 0.6 is 0 Å². The van der Waals surface area contributed by atoms with Crippen LogP contribution < -0.4 is 10.6 Å². The van der Waals surface area contributed by atoms with Gasteiger partial charge < -0.3 is 10.6 Å². The van der Waals surface area contributed by atoms with E-state index >= 15 is 0 Å². The van der Waals surface area contributed by atoms with Crippen LogP contribution in [0.3, 0.4) is 0 Å². The van der Waals surface area contributed by atoms with Crippen molar-refractivity contribution in [1.82, 2.24) is 10.6 Å². The molecular weight excluding hydrogens is 269 g/mol. The third kappa shape index (κ3) is 7.13. The number of benzene rings is 1. The van der Waals surface area contributed by atoms with E-state index in [0.29, 0.717) is 25.2 Å². The second kappa shape index (κ2) is 7.89. The van der Waals surface area contributed by atoms with Crippen LogP contribution in [0.2, 0.25) is 0 Å². The van der Waals surface area contributed by atoms with Gasteiger partial charge in [0.1, 0.15) is 0 Å². The molecule has 0 fully saturated rings. The Morgan fingerprint density at radius 1 is 1.10 bits per heavy atom. The molecule has 1 aromatic carbocycles. The van der Waals surface area contributed by atoms with Crippen LogP contribution in [0.1, 0.15) is 28.8 Å². The minimum absolute atomic E-state index is 0.0510. The molecule has 0 aliphatic heterocycles. The summed E-state index contributed by atoms with van der Waals surface area (Å²) in [6.45, 7) is 3.07. The first-order chi connectivity index (χ1) is 9.38. The summed E-state index contributed by atoms with van der Waals surface area (Å²) in [5.41, 5.74) is 1.65. The van der Waals surface area contributed by atoms with Crippen LogP contribution in [0.15, 0.2) is 24.3 Å². The third-order valence-electron chi connectivity index (χ3n) is 2.71. The van der Waals surface area contributed by atoms with Crippen LogP contribution in [0, 0.1) is 6.92 Å². The Bertz CT molecular complexity index is 415. The van der Waals surface area contributed by atoms with Gasteiger partial charge in [0.05, 0.1) is 0 Å². The van der Waals surface area contributed by atoms with Crippen molar-refractivity contribution >= 4 is 5.91 Å². The molecule has 0 heterocycles. The van der Waals surface area contributed by atoms with E-state index in [-0.39, 0.29) is 12.3 Å². The molecule has 0 aliphatic carbocycles. The van der Waals surface area contributed by atoms with Crippen molar-refractivity contribution in [3.8, 4) is 0 Å². The molecule has 1 aromatic rings. The summed E-state index contributed by atoms with van der Waals surface area (Å²) >= 11 is 0. The highest BCUT2D eigenvalue weighted by Gasteiger charge is 2.25. The maximum absolute atomic E-state index is 11.9. The Labute approximate surface area is 116 Å². The molecule has 0 saturated heterocycles. The SMILES string of the molecule is Cc1ccc(C(=O)NCCNCCCC(F)(F)F)cc1. The fourth-order valence-electron chi connectivity index (χ4n) is 1.61. The molecule has 112 valence electrons. The van der Waals surface area contributed by atoms with E-state index in [9.17, 15) is 18.0 Å². The monoisotopic (exact) mass is 288 g/mol. The first-order valence-corrected chi connectivity index (χ1v) is 6.51. The van der Waals surface area contributed by atoms with E-state index in [1.165, 1.54) is 0 Å². The number of carbonyl (C=O) groups excluding carboxylic acids is 1. The molecule has 0 saturated carbocycles. The third-order valence-corrected chi connectivity index (χ3v) is 2.71. The van der Waals surface area contributed by atoms with Crippen LogP contribution in [0.4, 0.5) is 13.2 Å². The average molecular weight is 288 g/mol. The maximum Gasteiger partial charge on any atom is 0.389 e. The lowest BCUT2D eigenvalue weighted by Crippen LogP contribution is -2.32. The summed E-state index contributed by atoms with van der Waals surface area (Å²) < 4.78 is 35.6. The Morgan fingerprint density at radius 3 is 2.35 bits per heavy atom. The summed E-state index contributed by atoms with van der Waals surface area (Å²) in [7, 11) is 0. The number of halogens is 3. The molecule has 0 radical (unpaired) electrons. The molecule has 1 amide bonds. The van der Waals surface area contributed by atoms with Gasteiger partial charge in [0, 0.05) is 25.1 Å². The van der Waals surface area contributed by atoms with E-state index in [2.05, 4.69) is 10.6 Å². The van der Waals surface area contributed by atoms with E-state index in [0.717, 1.165) is 5.56 Å². The topological polar surface area (TPSA) is 41.1 Å². The highest BCUT2D eigenvalue weighted by atomic mass is 19.4. The standard InChI is InChI=1S/C14H19F3N2O/c1-11-3-5-12(6-4-11)13(20)19-10-9-18-8-2-7-14(15,16)17/h3-6,18H,2,7-10H2,1H3,(H,19,20). The van der Waals surface area contributed by atoms with Gasteiger partial charge in [-0.05, 0) is 32.0 Å². The van der Waals surface area contributed by atoms with Crippen LogP contribution in [-0.2, 0) is 0 Å². The lowest BCUT2D eigenvalue weighted by atomic mass is 10.1. The number of carbonyl (C=O) groups is 1. The van der Waals surface area contributed by atoms with Gasteiger partial charge in [-0.25, -0.2) is 0 Å². The zero-order chi connectivity index (χ0) is 15.0. The van der Waals surface area contributed by atoms with Crippen molar-refractivity contribution in [1.29, 1.82) is 0 Å². The molecule has 0 bridgehead atoms. The normalized spacial score (nSPS) is 11.4. The first-order valence-electron chi connectivity index (χ1n) is 6.51. The molecule has 0 unspecified atom stereocenters. The fraction of sp³-hybridized carbons (Fsp3) is 0.500. The quantitative estimate of drug-likeness (QED) is 0.757. The summed E-state index contributed by atoms with van der Waals surface area (Å²) in [5.74, 6) is -0.179. The van der Waals surface area contributed by atoms with E-state index in [1.807, 2.05) is 19.1 Å². The second-order valence-corrected chi connectivity index (χ2v) is 4.59. The molecule has 3 nitrogen and oxygen atoms in total. The van der Waals surface area contributed by atoms with Crippen LogP contribution in [0.25, 0.3) is 0 Å². The highest BCUT2D eigenvalue weighted by Crippen LogP contribution is 2.20. The zero-order valence-corrected chi connectivity index (χ0v) is 11.4. The molecular formula is C14H19F3N2O. The molecule has 6 heteroatoms. The number of hydrogen-bond donors (Lipinski definition) is 2. The lowest BCUT2D eigenvalue weighted by Gasteiger charge is -2.08. The molecule has 0 spiro atoms. The molecule has 0 aliphatic rings. The van der Waals surface area contributed by atoms with Crippen molar-refractivity contribution in [2.45, 2.75) is 25.9 Å². The first kappa shape index (κ1) is 16.5. The Morgan fingerprint density at radius 2 is 1.75 bits per heavy atom. The van der Waals surface area contributed by atoms with Crippen molar-refractivity contribution in [3.05, 3.63) is 35.4 Å². The summed E-state index contributed by atoms with van der Waals surface area (Å²) in [6.07, 6.45) is -4.83. The number of amides is 1. The van der Waals surface area contributed by atoms with Gasteiger partial charge in [0.15, 0.2) is 0 Å². The zero-order valence-electron chi connectivity index (χ0n) is 11.4. The number of alkyl halides is 3. The lowest BCUT2D eigenvalue weighted by molar-refractivity contribution is -0.135. The minimum atomic E-state index is -4.10. The predicted molar refractivity (Wildman–Crippen MR) is 71.7 cm³/mol. The maximum atomic E-state index is 11.9. The molecule has 1 rings (SSSR count). The van der Waals surface area contributed by atoms with Gasteiger partial charge in [-0.1, -0.05) is 17.7 Å². The predicted octanol–water partition coefficient (Wildman–Crippen LogP) is 2.66. The number of aryl methyl sites for hydroxylation is 1. The summed E-state index contributed by atoms with van der Waals surface area (Å²) in [5, 5.41) is 5.56. The Balaban J connectivity index is 2.09. The number of rotatable bonds is 7. The van der Waals surface area contributed by atoms with Crippen molar-refractivity contribution in [2.24, 2.45) is 0 Å². The van der Waals surface area contributed by atoms with Crippen LogP contribution in [-0.4, -0.2) is 31.7 Å². The van der Waals surface area contributed by atoms with Gasteiger partial charge in [0.25, 0.3) is 5.91 Å². The van der Waals surface area contributed by atoms with Crippen molar-refractivity contribution in [3.63, 3.8) is 0 Å². The summed E-state index contributed by atoms with van der Waals surface area (Å²) in [6, 6.07) is 7.18. The molecule has 20 heavy (non-hydrogen) atoms. The van der Waals surface area contributed by atoms with Gasteiger partial charge >= 0.3 is 6.18 Å². The smallest absolute Gasteiger partial charge is 0.351 e. The van der Waals surface area contributed by atoms with Gasteiger partial charge in [-0.3, -0.25) is 4.79 Å².